The van der Waals surface area contributed by atoms with Crippen LogP contribution >= 0.6 is 0 Å². The molecule has 0 radical (unpaired) electrons. The van der Waals surface area contributed by atoms with Crippen molar-refractivity contribution in [2.75, 3.05) is 13.1 Å². The van der Waals surface area contributed by atoms with Gasteiger partial charge < -0.3 is 20.3 Å². The van der Waals surface area contributed by atoms with Gasteiger partial charge in [0.25, 0.3) is 0 Å². The lowest BCUT2D eigenvalue weighted by molar-refractivity contribution is -0.139. The maximum atomic E-state index is 12.2. The predicted octanol–water partition coefficient (Wildman–Crippen LogP) is 1.24. The zero-order valence-electron chi connectivity index (χ0n) is 12.2. The minimum Gasteiger partial charge on any atom is -0.480 e. The van der Waals surface area contributed by atoms with E-state index in [0.717, 1.165) is 19.3 Å². The molecule has 1 aromatic heterocycles. The highest BCUT2D eigenvalue weighted by Gasteiger charge is 2.27. The Hall–Kier alpha value is -2.05. The first-order chi connectivity index (χ1) is 10.1. The molecular formula is C14H22N4O3. The first-order valence-corrected chi connectivity index (χ1v) is 7.35. The number of carbonyl (C=O) groups is 2. The predicted molar refractivity (Wildman–Crippen MR) is 76.8 cm³/mol. The number of hydrogen-bond acceptors (Lipinski definition) is 3. The number of likely N-dealkylation sites (tertiary alicyclic amines) is 1. The third-order valence-corrected chi connectivity index (χ3v) is 3.96. The third kappa shape index (κ3) is 4.21. The van der Waals surface area contributed by atoms with Crippen LogP contribution in [0.25, 0.3) is 0 Å². The Labute approximate surface area is 123 Å². The van der Waals surface area contributed by atoms with E-state index in [-0.39, 0.29) is 12.5 Å². The first kappa shape index (κ1) is 15.3. The molecule has 0 aromatic carbocycles. The summed E-state index contributed by atoms with van der Waals surface area (Å²) in [4.78, 5) is 32.0. The van der Waals surface area contributed by atoms with E-state index in [0.29, 0.717) is 24.7 Å². The molecule has 0 saturated carbocycles. The number of amides is 2. The maximum absolute atomic E-state index is 12.2. The van der Waals surface area contributed by atoms with Crippen LogP contribution in [0.15, 0.2) is 12.5 Å². The second kappa shape index (κ2) is 7.10. The largest absolute Gasteiger partial charge is 0.480 e. The Morgan fingerprint density at radius 2 is 2.43 bits per heavy atom. The number of aromatic amines is 1. The zero-order chi connectivity index (χ0) is 15.2. The highest BCUT2D eigenvalue weighted by Crippen LogP contribution is 2.19. The molecule has 1 saturated heterocycles. The molecule has 1 aromatic rings. The number of carbonyl (C=O) groups excluding carboxylic acids is 1. The van der Waals surface area contributed by atoms with E-state index in [1.807, 2.05) is 0 Å². The summed E-state index contributed by atoms with van der Waals surface area (Å²) in [6, 6.07) is -1.24. The lowest BCUT2D eigenvalue weighted by Crippen LogP contribution is -2.51. The quantitative estimate of drug-likeness (QED) is 0.761. The van der Waals surface area contributed by atoms with E-state index in [1.54, 1.807) is 11.1 Å². The average molecular weight is 294 g/mol. The van der Waals surface area contributed by atoms with Crippen LogP contribution in [-0.4, -0.2) is 51.1 Å². The van der Waals surface area contributed by atoms with E-state index in [9.17, 15) is 14.7 Å². The van der Waals surface area contributed by atoms with E-state index in [2.05, 4.69) is 22.2 Å². The summed E-state index contributed by atoms with van der Waals surface area (Å²) in [6.07, 6.45) is 6.41. The number of imidazole rings is 1. The normalized spacial score (nSPS) is 20.0. The van der Waals surface area contributed by atoms with E-state index in [1.165, 1.54) is 6.33 Å². The van der Waals surface area contributed by atoms with Gasteiger partial charge in [0, 0.05) is 31.4 Å². The standard InChI is InChI=1S/C14H22N4O3/c1-2-10-4-3-5-18(8-10)14(21)17-12(13(19)20)6-11-7-15-9-16-11/h7,9-10,12H,2-6,8H2,1H3,(H,15,16)(H,17,21)(H,19,20). The van der Waals surface area contributed by atoms with Crippen LogP contribution in [-0.2, 0) is 11.2 Å². The maximum Gasteiger partial charge on any atom is 0.326 e. The van der Waals surface area contributed by atoms with Gasteiger partial charge in [0.1, 0.15) is 6.04 Å². The number of nitrogens with one attached hydrogen (secondary N) is 2. The number of aromatic nitrogens is 2. The number of carboxylic acid groups (broad SMARTS) is 1. The molecule has 7 nitrogen and oxygen atoms in total. The fourth-order valence-electron chi connectivity index (χ4n) is 2.64. The van der Waals surface area contributed by atoms with Gasteiger partial charge in [0.15, 0.2) is 0 Å². The summed E-state index contributed by atoms with van der Waals surface area (Å²) >= 11 is 0. The Bertz CT molecular complexity index is 475. The van der Waals surface area contributed by atoms with Crippen LogP contribution in [0, 0.1) is 5.92 Å². The monoisotopic (exact) mass is 294 g/mol. The molecule has 21 heavy (non-hydrogen) atoms. The van der Waals surface area contributed by atoms with Crippen molar-refractivity contribution < 1.29 is 14.7 Å². The van der Waals surface area contributed by atoms with Crippen molar-refractivity contribution >= 4 is 12.0 Å². The second-order valence-corrected chi connectivity index (χ2v) is 5.48. The van der Waals surface area contributed by atoms with Crippen LogP contribution in [0.4, 0.5) is 4.79 Å². The van der Waals surface area contributed by atoms with Gasteiger partial charge in [-0.3, -0.25) is 0 Å². The Morgan fingerprint density at radius 1 is 1.62 bits per heavy atom. The molecule has 0 bridgehead atoms. The number of piperidine rings is 1. The fraction of sp³-hybridized carbons (Fsp3) is 0.643. The smallest absolute Gasteiger partial charge is 0.326 e. The Kier molecular flexibility index (Phi) is 5.19. The highest BCUT2D eigenvalue weighted by molar-refractivity contribution is 5.82. The number of carboxylic acids is 1. The van der Waals surface area contributed by atoms with Crippen LogP contribution in [0.2, 0.25) is 0 Å². The number of urea groups is 1. The molecule has 116 valence electrons. The molecule has 2 rings (SSSR count). The molecule has 3 N–H and O–H groups in total. The molecule has 1 aliphatic rings. The SMILES string of the molecule is CCC1CCCN(C(=O)NC(Cc2cnc[nH]2)C(=O)O)C1. The fourth-order valence-corrected chi connectivity index (χ4v) is 2.64. The lowest BCUT2D eigenvalue weighted by atomic mass is 9.96. The van der Waals surface area contributed by atoms with Crippen LogP contribution < -0.4 is 5.32 Å². The Balaban J connectivity index is 1.93. The third-order valence-electron chi connectivity index (χ3n) is 3.96. The van der Waals surface area contributed by atoms with Crippen LogP contribution in [0.5, 0.6) is 0 Å². The van der Waals surface area contributed by atoms with Crippen LogP contribution in [0.3, 0.4) is 0 Å². The van der Waals surface area contributed by atoms with Crippen LogP contribution in [0.1, 0.15) is 31.9 Å². The molecule has 2 heterocycles. The lowest BCUT2D eigenvalue weighted by Gasteiger charge is -2.33. The minimum absolute atomic E-state index is 0.201. The van der Waals surface area contributed by atoms with Gasteiger partial charge in [0.2, 0.25) is 0 Å². The summed E-state index contributed by atoms with van der Waals surface area (Å²) in [5.41, 5.74) is 0.688. The van der Waals surface area contributed by atoms with Crippen molar-refractivity contribution in [3.63, 3.8) is 0 Å². The van der Waals surface area contributed by atoms with E-state index < -0.39 is 12.0 Å². The summed E-state index contributed by atoms with van der Waals surface area (Å²) in [5.74, 6) is -0.526. The molecule has 2 unspecified atom stereocenters. The minimum atomic E-state index is -1.04. The molecule has 2 atom stereocenters. The van der Waals surface area contributed by atoms with Gasteiger partial charge in [0.05, 0.1) is 6.33 Å². The van der Waals surface area contributed by atoms with Crippen molar-refractivity contribution in [1.29, 1.82) is 0 Å². The van der Waals surface area contributed by atoms with Crippen molar-refractivity contribution in [3.05, 3.63) is 18.2 Å². The first-order valence-electron chi connectivity index (χ1n) is 7.35. The van der Waals surface area contributed by atoms with Gasteiger partial charge in [-0.05, 0) is 18.8 Å². The van der Waals surface area contributed by atoms with Gasteiger partial charge >= 0.3 is 12.0 Å². The molecule has 7 heteroatoms. The molecule has 2 amide bonds. The van der Waals surface area contributed by atoms with Crippen molar-refractivity contribution in [2.45, 2.75) is 38.6 Å². The summed E-state index contributed by atoms with van der Waals surface area (Å²) in [7, 11) is 0. The molecule has 1 fully saturated rings. The Morgan fingerprint density at radius 3 is 3.05 bits per heavy atom. The number of hydrogen-bond donors (Lipinski definition) is 3. The summed E-state index contributed by atoms with van der Waals surface area (Å²) in [5, 5.41) is 11.9. The summed E-state index contributed by atoms with van der Waals surface area (Å²) < 4.78 is 0. The topological polar surface area (TPSA) is 98.3 Å². The van der Waals surface area contributed by atoms with E-state index >= 15 is 0 Å². The van der Waals surface area contributed by atoms with Crippen molar-refractivity contribution in [1.82, 2.24) is 20.2 Å². The molecule has 0 aliphatic carbocycles. The molecular weight excluding hydrogens is 272 g/mol. The number of nitrogens with zero attached hydrogens (tertiary/aromatic N) is 2. The van der Waals surface area contributed by atoms with Crippen molar-refractivity contribution in [3.8, 4) is 0 Å². The van der Waals surface area contributed by atoms with Gasteiger partial charge in [-0.25, -0.2) is 14.6 Å². The zero-order valence-corrected chi connectivity index (χ0v) is 12.2. The van der Waals surface area contributed by atoms with E-state index in [4.69, 9.17) is 0 Å². The molecule has 0 spiro atoms. The van der Waals surface area contributed by atoms with Gasteiger partial charge in [-0.1, -0.05) is 13.3 Å². The van der Waals surface area contributed by atoms with Gasteiger partial charge in [-0.2, -0.15) is 0 Å². The second-order valence-electron chi connectivity index (χ2n) is 5.48. The number of rotatable bonds is 5. The summed E-state index contributed by atoms with van der Waals surface area (Å²) in [6.45, 7) is 3.52. The number of aliphatic carboxylic acids is 1. The highest BCUT2D eigenvalue weighted by atomic mass is 16.4. The number of H-pyrrole nitrogens is 1. The van der Waals surface area contributed by atoms with Crippen molar-refractivity contribution in [2.24, 2.45) is 5.92 Å². The van der Waals surface area contributed by atoms with Gasteiger partial charge in [-0.15, -0.1) is 0 Å². The molecule has 1 aliphatic heterocycles. The average Bonchev–Trinajstić information content (AvgIpc) is 2.99.